The summed E-state index contributed by atoms with van der Waals surface area (Å²) in [5.41, 5.74) is 7.10. The first-order chi connectivity index (χ1) is 8.65. The lowest BCUT2D eigenvalue weighted by molar-refractivity contribution is 0.455. The lowest BCUT2D eigenvalue weighted by Crippen LogP contribution is -2.14. The second kappa shape index (κ2) is 5.43. The van der Waals surface area contributed by atoms with Crippen LogP contribution in [0, 0.1) is 0 Å². The predicted octanol–water partition coefficient (Wildman–Crippen LogP) is 4.37. The Morgan fingerprint density at radius 2 is 2.17 bits per heavy atom. The number of allylic oxidation sites excluding steroid dienone is 6. The number of hydrogen-bond acceptors (Lipinski definition) is 1. The van der Waals surface area contributed by atoms with E-state index in [9.17, 15) is 0 Å². The summed E-state index contributed by atoms with van der Waals surface area (Å²) in [6, 6.07) is 0. The largest absolute Gasteiger partial charge is 0.373 e. The van der Waals surface area contributed by atoms with Crippen molar-refractivity contribution in [3.63, 3.8) is 0 Å². The van der Waals surface area contributed by atoms with Gasteiger partial charge in [-0.05, 0) is 48.5 Å². The normalized spacial score (nSPS) is 22.8. The molecule has 0 N–H and O–H groups in total. The molecule has 0 radical (unpaired) electrons. The van der Waals surface area contributed by atoms with Crippen molar-refractivity contribution in [2.45, 2.75) is 32.6 Å². The van der Waals surface area contributed by atoms with Crippen LogP contribution >= 0.6 is 0 Å². The lowest BCUT2D eigenvalue weighted by atomic mass is 9.90. The van der Waals surface area contributed by atoms with Gasteiger partial charge in [0.2, 0.25) is 0 Å². The van der Waals surface area contributed by atoms with Crippen LogP contribution in [0.1, 0.15) is 32.6 Å². The molecule has 2 rings (SSSR count). The highest BCUT2D eigenvalue weighted by atomic mass is 15.1. The summed E-state index contributed by atoms with van der Waals surface area (Å²) in [6.07, 6.45) is 10.9. The van der Waals surface area contributed by atoms with Crippen LogP contribution in [0.2, 0.25) is 0 Å². The van der Waals surface area contributed by atoms with E-state index >= 15 is 0 Å². The topological polar surface area (TPSA) is 3.24 Å². The van der Waals surface area contributed by atoms with Crippen molar-refractivity contribution < 1.29 is 0 Å². The zero-order valence-corrected chi connectivity index (χ0v) is 11.6. The van der Waals surface area contributed by atoms with E-state index in [0.29, 0.717) is 0 Å². The maximum absolute atomic E-state index is 4.16. The van der Waals surface area contributed by atoms with Crippen LogP contribution in [0.3, 0.4) is 0 Å². The van der Waals surface area contributed by atoms with Crippen LogP contribution in [-0.2, 0) is 0 Å². The first kappa shape index (κ1) is 12.9. The summed E-state index contributed by atoms with van der Waals surface area (Å²) in [4.78, 5) is 2.39. The van der Waals surface area contributed by atoms with Gasteiger partial charge < -0.3 is 4.90 Å². The number of likely N-dealkylation sites (N-methyl/N-ethyl adjacent to an activating group) is 1. The summed E-state index contributed by atoms with van der Waals surface area (Å²) in [7, 11) is 2.20. The van der Waals surface area contributed by atoms with E-state index in [1.165, 1.54) is 28.0 Å². The Kier molecular flexibility index (Phi) is 3.90. The third-order valence-electron chi connectivity index (χ3n) is 3.76. The molecule has 1 heteroatoms. The molecule has 1 aliphatic heterocycles. The van der Waals surface area contributed by atoms with Gasteiger partial charge in [-0.25, -0.2) is 0 Å². The molecule has 18 heavy (non-hydrogen) atoms. The lowest BCUT2D eigenvalue weighted by Gasteiger charge is -2.20. The van der Waals surface area contributed by atoms with Crippen molar-refractivity contribution in [3.05, 3.63) is 59.4 Å². The maximum Gasteiger partial charge on any atom is 0.0427 e. The predicted molar refractivity (Wildman–Crippen MR) is 79.3 cm³/mol. The summed E-state index contributed by atoms with van der Waals surface area (Å²) >= 11 is 0. The number of nitrogens with zero attached hydrogens (tertiary/aromatic N) is 1. The zero-order valence-electron chi connectivity index (χ0n) is 11.6. The molecule has 0 saturated heterocycles. The third-order valence-corrected chi connectivity index (χ3v) is 3.76. The van der Waals surface area contributed by atoms with Crippen LogP contribution in [0.15, 0.2) is 59.4 Å². The SMILES string of the molecule is C=CC(=C/CC)/C=C1\CN(C)C2=C1CC(=C)CC2. The van der Waals surface area contributed by atoms with E-state index in [0.717, 1.165) is 32.2 Å². The van der Waals surface area contributed by atoms with Crippen LogP contribution in [-0.4, -0.2) is 18.5 Å². The fourth-order valence-corrected chi connectivity index (χ4v) is 2.82. The molecule has 0 spiro atoms. The molecule has 0 atom stereocenters. The van der Waals surface area contributed by atoms with Gasteiger partial charge in [0.25, 0.3) is 0 Å². The Hall–Kier alpha value is -1.50. The molecule has 0 bridgehead atoms. The van der Waals surface area contributed by atoms with Crippen molar-refractivity contribution in [2.75, 3.05) is 13.6 Å². The van der Waals surface area contributed by atoms with Crippen molar-refractivity contribution in [2.24, 2.45) is 0 Å². The Bertz CT molecular complexity index is 460. The molecule has 0 aromatic rings. The Balaban J connectivity index is 2.33. The minimum absolute atomic E-state index is 1.03. The van der Waals surface area contributed by atoms with Crippen molar-refractivity contribution >= 4 is 0 Å². The molecule has 0 unspecified atom stereocenters. The van der Waals surface area contributed by atoms with Crippen molar-refractivity contribution in [3.8, 4) is 0 Å². The highest BCUT2D eigenvalue weighted by Crippen LogP contribution is 2.39. The molecule has 2 aliphatic rings. The summed E-state index contributed by atoms with van der Waals surface area (Å²) in [6.45, 7) is 11.3. The minimum Gasteiger partial charge on any atom is -0.373 e. The molecular formula is C17H23N. The van der Waals surface area contributed by atoms with E-state index in [2.05, 4.69) is 44.2 Å². The maximum atomic E-state index is 4.16. The highest BCUT2D eigenvalue weighted by Gasteiger charge is 2.27. The summed E-state index contributed by atoms with van der Waals surface area (Å²) in [5.74, 6) is 0. The zero-order chi connectivity index (χ0) is 13.1. The average Bonchev–Trinajstić information content (AvgIpc) is 2.65. The van der Waals surface area contributed by atoms with Gasteiger partial charge in [-0.1, -0.05) is 37.8 Å². The second-order valence-corrected chi connectivity index (χ2v) is 5.19. The molecule has 0 amide bonds. The van der Waals surface area contributed by atoms with E-state index in [1.54, 1.807) is 0 Å². The van der Waals surface area contributed by atoms with Crippen LogP contribution < -0.4 is 0 Å². The monoisotopic (exact) mass is 241 g/mol. The fourth-order valence-electron chi connectivity index (χ4n) is 2.82. The minimum atomic E-state index is 1.03. The molecule has 0 aromatic carbocycles. The smallest absolute Gasteiger partial charge is 0.0427 e. The highest BCUT2D eigenvalue weighted by molar-refractivity contribution is 5.50. The molecule has 1 aliphatic carbocycles. The summed E-state index contributed by atoms with van der Waals surface area (Å²) in [5, 5.41) is 0. The van der Waals surface area contributed by atoms with Gasteiger partial charge in [0.15, 0.2) is 0 Å². The summed E-state index contributed by atoms with van der Waals surface area (Å²) < 4.78 is 0. The van der Waals surface area contributed by atoms with Gasteiger partial charge in [-0.15, -0.1) is 0 Å². The molecule has 0 fully saturated rings. The van der Waals surface area contributed by atoms with Crippen molar-refractivity contribution in [1.82, 2.24) is 4.90 Å². The third kappa shape index (κ3) is 2.50. The number of rotatable bonds is 3. The van der Waals surface area contributed by atoms with E-state index in [-0.39, 0.29) is 0 Å². The Morgan fingerprint density at radius 3 is 2.83 bits per heavy atom. The fraction of sp³-hybridized carbons (Fsp3) is 0.412. The van der Waals surface area contributed by atoms with Crippen LogP contribution in [0.4, 0.5) is 0 Å². The molecule has 0 aromatic heterocycles. The second-order valence-electron chi connectivity index (χ2n) is 5.19. The van der Waals surface area contributed by atoms with Gasteiger partial charge in [0.1, 0.15) is 0 Å². The molecule has 1 heterocycles. The van der Waals surface area contributed by atoms with E-state index < -0.39 is 0 Å². The van der Waals surface area contributed by atoms with Crippen LogP contribution in [0.5, 0.6) is 0 Å². The molecule has 0 saturated carbocycles. The molecule has 1 nitrogen and oxygen atoms in total. The van der Waals surface area contributed by atoms with Crippen molar-refractivity contribution in [1.29, 1.82) is 0 Å². The van der Waals surface area contributed by atoms with E-state index in [4.69, 9.17) is 0 Å². The standard InChI is InChI=1S/C17H23N/c1-5-7-14(6-2)11-15-12-18(4)17-9-8-13(3)10-16(15)17/h6-7,11H,2-3,5,8-10,12H2,1,4H3/b14-7-,15-11+. The quantitative estimate of drug-likeness (QED) is 0.523. The van der Waals surface area contributed by atoms with Gasteiger partial charge in [-0.2, -0.15) is 0 Å². The average molecular weight is 241 g/mol. The first-order valence-electron chi connectivity index (χ1n) is 6.79. The number of hydrogen-bond donors (Lipinski definition) is 0. The Morgan fingerprint density at radius 1 is 1.39 bits per heavy atom. The van der Waals surface area contributed by atoms with Gasteiger partial charge >= 0.3 is 0 Å². The van der Waals surface area contributed by atoms with Gasteiger partial charge in [0, 0.05) is 19.3 Å². The first-order valence-corrected chi connectivity index (χ1v) is 6.79. The van der Waals surface area contributed by atoms with Gasteiger partial charge in [0.05, 0.1) is 0 Å². The van der Waals surface area contributed by atoms with Gasteiger partial charge in [-0.3, -0.25) is 0 Å². The van der Waals surface area contributed by atoms with E-state index in [1.807, 2.05) is 6.08 Å². The Labute approximate surface area is 111 Å². The van der Waals surface area contributed by atoms with Crippen LogP contribution in [0.25, 0.3) is 0 Å². The molecule has 96 valence electrons. The molecular weight excluding hydrogens is 218 g/mol.